The first-order valence-corrected chi connectivity index (χ1v) is 3.63. The van der Waals surface area contributed by atoms with Gasteiger partial charge < -0.3 is 5.32 Å². The molecule has 0 aliphatic carbocycles. The monoisotopic (exact) mass is 136 g/mol. The van der Waals surface area contributed by atoms with Crippen LogP contribution in [0.1, 0.15) is 13.8 Å². The third-order valence-electron chi connectivity index (χ3n) is 1.68. The van der Waals surface area contributed by atoms with Crippen molar-refractivity contribution in [3.05, 3.63) is 30.8 Å². The average molecular weight is 136 g/mol. The van der Waals surface area contributed by atoms with Gasteiger partial charge in [-0.05, 0) is 12.8 Å². The molecular weight excluding hydrogens is 122 g/mol. The summed E-state index contributed by atoms with van der Waals surface area (Å²) in [7, 11) is 0. The molecule has 55 valence electrons. The van der Waals surface area contributed by atoms with Gasteiger partial charge in [0.25, 0.3) is 0 Å². The van der Waals surface area contributed by atoms with Crippen molar-refractivity contribution >= 4 is 0 Å². The van der Waals surface area contributed by atoms with Crippen LogP contribution in [-0.4, -0.2) is 6.04 Å². The first-order chi connectivity index (χ1) is 4.70. The van der Waals surface area contributed by atoms with Crippen molar-refractivity contribution in [3.63, 3.8) is 0 Å². The molecule has 0 aromatic rings. The molecule has 10 heavy (non-hydrogen) atoms. The van der Waals surface area contributed by atoms with Gasteiger partial charge in [0.1, 0.15) is 0 Å². The average Bonchev–Trinajstić information content (AvgIpc) is 1.88. The minimum Gasteiger partial charge on any atom is -0.302 e. The lowest BCUT2D eigenvalue weighted by atomic mass is 10.0. The first-order valence-electron chi connectivity index (χ1n) is 3.63. The third-order valence-corrected chi connectivity index (χ3v) is 1.68. The quantitative estimate of drug-likeness (QED) is 0.543. The van der Waals surface area contributed by atoms with Crippen LogP contribution in [0.15, 0.2) is 24.3 Å². The van der Waals surface area contributed by atoms with Crippen LogP contribution in [0.2, 0.25) is 0 Å². The SMILES string of the molecule is C=C(C)C1C=CC(C)[CH]N1. The van der Waals surface area contributed by atoms with Crippen molar-refractivity contribution in [1.29, 1.82) is 0 Å². The Balaban J connectivity index is 2.53. The minimum atomic E-state index is 0.358. The summed E-state index contributed by atoms with van der Waals surface area (Å²) in [6.07, 6.45) is 4.35. The molecule has 1 aliphatic rings. The van der Waals surface area contributed by atoms with E-state index in [1.165, 1.54) is 5.57 Å². The van der Waals surface area contributed by atoms with Gasteiger partial charge >= 0.3 is 0 Å². The van der Waals surface area contributed by atoms with E-state index in [9.17, 15) is 0 Å². The fourth-order valence-corrected chi connectivity index (χ4v) is 0.959. The van der Waals surface area contributed by atoms with Gasteiger partial charge in [-0.3, -0.25) is 0 Å². The number of hydrogen-bond acceptors (Lipinski definition) is 1. The Morgan fingerprint density at radius 2 is 2.20 bits per heavy atom. The van der Waals surface area contributed by atoms with Crippen LogP contribution in [0.25, 0.3) is 0 Å². The van der Waals surface area contributed by atoms with Gasteiger partial charge in [0.15, 0.2) is 0 Å². The minimum absolute atomic E-state index is 0.358. The van der Waals surface area contributed by atoms with E-state index in [1.807, 2.05) is 6.92 Å². The second-order valence-electron chi connectivity index (χ2n) is 2.90. The lowest BCUT2D eigenvalue weighted by Gasteiger charge is -2.21. The van der Waals surface area contributed by atoms with Crippen LogP contribution in [0, 0.1) is 12.5 Å². The summed E-state index contributed by atoms with van der Waals surface area (Å²) in [6, 6.07) is 0.358. The summed E-state index contributed by atoms with van der Waals surface area (Å²) < 4.78 is 0. The van der Waals surface area contributed by atoms with E-state index >= 15 is 0 Å². The maximum atomic E-state index is 3.87. The molecule has 0 aromatic carbocycles. The molecule has 1 rings (SSSR count). The van der Waals surface area contributed by atoms with Gasteiger partial charge in [-0.2, -0.15) is 0 Å². The topological polar surface area (TPSA) is 12.0 Å². The highest BCUT2D eigenvalue weighted by Crippen LogP contribution is 2.11. The summed E-state index contributed by atoms with van der Waals surface area (Å²) in [5.74, 6) is 0.551. The zero-order valence-electron chi connectivity index (χ0n) is 6.59. The normalized spacial score (nSPS) is 32.2. The molecule has 0 fully saturated rings. The Labute approximate surface area is 62.8 Å². The zero-order chi connectivity index (χ0) is 7.56. The molecule has 0 aromatic heterocycles. The van der Waals surface area contributed by atoms with E-state index in [0.717, 1.165) is 0 Å². The fourth-order valence-electron chi connectivity index (χ4n) is 0.959. The van der Waals surface area contributed by atoms with Crippen molar-refractivity contribution in [3.8, 4) is 0 Å². The molecule has 2 unspecified atom stereocenters. The molecular formula is C9H14N. The maximum Gasteiger partial charge on any atom is 0.0463 e. The van der Waals surface area contributed by atoms with Crippen LogP contribution in [0.3, 0.4) is 0 Å². The molecule has 0 bridgehead atoms. The Hall–Kier alpha value is -0.560. The van der Waals surface area contributed by atoms with Crippen molar-refractivity contribution in [2.24, 2.45) is 5.92 Å². The molecule has 1 heteroatoms. The highest BCUT2D eigenvalue weighted by atomic mass is 14.9. The van der Waals surface area contributed by atoms with Crippen molar-refractivity contribution < 1.29 is 0 Å². The van der Waals surface area contributed by atoms with Crippen LogP contribution in [0.5, 0.6) is 0 Å². The maximum absolute atomic E-state index is 3.87. The largest absolute Gasteiger partial charge is 0.302 e. The third kappa shape index (κ3) is 1.71. The zero-order valence-corrected chi connectivity index (χ0v) is 6.59. The van der Waals surface area contributed by atoms with E-state index < -0.39 is 0 Å². The molecule has 1 aliphatic heterocycles. The molecule has 2 atom stereocenters. The summed E-state index contributed by atoms with van der Waals surface area (Å²) in [6.45, 7) is 10.2. The van der Waals surface area contributed by atoms with Gasteiger partial charge in [0, 0.05) is 12.6 Å². The predicted molar refractivity (Wildman–Crippen MR) is 44.3 cm³/mol. The van der Waals surface area contributed by atoms with Crippen LogP contribution < -0.4 is 5.32 Å². The number of nitrogens with one attached hydrogen (secondary N) is 1. The molecule has 0 saturated heterocycles. The van der Waals surface area contributed by atoms with Crippen molar-refractivity contribution in [2.75, 3.05) is 0 Å². The van der Waals surface area contributed by atoms with Gasteiger partial charge in [-0.1, -0.05) is 31.2 Å². The van der Waals surface area contributed by atoms with E-state index in [1.54, 1.807) is 0 Å². The molecule has 1 N–H and O–H groups in total. The molecule has 1 heterocycles. The molecule has 0 saturated carbocycles. The Morgan fingerprint density at radius 1 is 1.50 bits per heavy atom. The molecule has 0 spiro atoms. The van der Waals surface area contributed by atoms with Crippen LogP contribution in [0.4, 0.5) is 0 Å². The Bertz CT molecular complexity index is 158. The van der Waals surface area contributed by atoms with Gasteiger partial charge in [0.05, 0.1) is 0 Å². The van der Waals surface area contributed by atoms with Crippen LogP contribution >= 0.6 is 0 Å². The fraction of sp³-hybridized carbons (Fsp3) is 0.444. The highest BCUT2D eigenvalue weighted by molar-refractivity contribution is 5.17. The number of hydrogen-bond donors (Lipinski definition) is 1. The predicted octanol–water partition coefficient (Wildman–Crippen LogP) is 1.89. The van der Waals surface area contributed by atoms with Gasteiger partial charge in [-0.25, -0.2) is 0 Å². The van der Waals surface area contributed by atoms with E-state index in [4.69, 9.17) is 0 Å². The lowest BCUT2D eigenvalue weighted by molar-refractivity contribution is 0.623. The Kier molecular flexibility index (Phi) is 2.28. The highest BCUT2D eigenvalue weighted by Gasteiger charge is 2.10. The van der Waals surface area contributed by atoms with Crippen molar-refractivity contribution in [1.82, 2.24) is 5.32 Å². The smallest absolute Gasteiger partial charge is 0.0463 e. The summed E-state index contributed by atoms with van der Waals surface area (Å²) in [5.41, 5.74) is 1.17. The summed E-state index contributed by atoms with van der Waals surface area (Å²) in [5, 5.41) is 3.26. The number of rotatable bonds is 1. The molecule has 1 radical (unpaired) electrons. The van der Waals surface area contributed by atoms with Crippen molar-refractivity contribution in [2.45, 2.75) is 19.9 Å². The van der Waals surface area contributed by atoms with Gasteiger partial charge in [0.2, 0.25) is 0 Å². The van der Waals surface area contributed by atoms with Crippen LogP contribution in [-0.2, 0) is 0 Å². The standard InChI is InChI=1S/C9H14N/c1-7(2)9-5-4-8(3)6-10-9/h4-6,8-10H,1H2,2-3H3. The summed E-state index contributed by atoms with van der Waals surface area (Å²) >= 11 is 0. The lowest BCUT2D eigenvalue weighted by Crippen LogP contribution is -2.30. The van der Waals surface area contributed by atoms with E-state index in [2.05, 4.69) is 37.5 Å². The first kappa shape index (κ1) is 7.55. The van der Waals surface area contributed by atoms with E-state index in [0.29, 0.717) is 12.0 Å². The molecule has 0 amide bonds. The van der Waals surface area contributed by atoms with Gasteiger partial charge in [-0.15, -0.1) is 0 Å². The summed E-state index contributed by atoms with van der Waals surface area (Å²) in [4.78, 5) is 0. The Morgan fingerprint density at radius 3 is 2.60 bits per heavy atom. The van der Waals surface area contributed by atoms with E-state index in [-0.39, 0.29) is 0 Å². The second-order valence-corrected chi connectivity index (χ2v) is 2.90. The molecule has 1 nitrogen and oxygen atoms in total. The second kappa shape index (κ2) is 3.02.